The molecule has 1 aromatic heterocycles. The van der Waals surface area contributed by atoms with Crippen molar-refractivity contribution in [1.82, 2.24) is 9.97 Å². The van der Waals surface area contributed by atoms with Crippen LogP contribution >= 0.6 is 11.8 Å². The number of halogens is 1. The summed E-state index contributed by atoms with van der Waals surface area (Å²) >= 11 is 1.39. The molecule has 20 heavy (non-hydrogen) atoms. The van der Waals surface area contributed by atoms with Crippen molar-refractivity contribution in [2.45, 2.75) is 37.2 Å². The highest BCUT2D eigenvalue weighted by Gasteiger charge is 2.12. The number of benzene rings is 1. The van der Waals surface area contributed by atoms with Crippen LogP contribution < -0.4 is 5.73 Å². The van der Waals surface area contributed by atoms with Crippen molar-refractivity contribution >= 4 is 11.8 Å². The van der Waals surface area contributed by atoms with Crippen molar-refractivity contribution in [2.75, 3.05) is 6.54 Å². The number of hydrogen-bond acceptors (Lipinski definition) is 4. The van der Waals surface area contributed by atoms with E-state index in [2.05, 4.69) is 9.97 Å². The van der Waals surface area contributed by atoms with Crippen molar-refractivity contribution in [3.8, 4) is 0 Å². The standard InChI is InChI=1S/C15H18FN3S/c1-9-10(2)18-15(19-11(9)3)20-14-6-4-5-13(16)12(14)7-8-17/h4-6H,7-8,17H2,1-3H3. The first-order valence-corrected chi connectivity index (χ1v) is 7.31. The predicted octanol–water partition coefficient (Wildman–Crippen LogP) is 3.19. The Balaban J connectivity index is 2.37. The molecule has 0 bridgehead atoms. The molecule has 106 valence electrons. The van der Waals surface area contributed by atoms with E-state index in [0.29, 0.717) is 23.7 Å². The van der Waals surface area contributed by atoms with Crippen LogP contribution in [0.4, 0.5) is 4.39 Å². The van der Waals surface area contributed by atoms with E-state index in [1.807, 2.05) is 26.8 Å². The van der Waals surface area contributed by atoms with Crippen LogP contribution in [-0.4, -0.2) is 16.5 Å². The van der Waals surface area contributed by atoms with Gasteiger partial charge in [0.1, 0.15) is 5.82 Å². The van der Waals surface area contributed by atoms with Crippen molar-refractivity contribution in [1.29, 1.82) is 0 Å². The fourth-order valence-corrected chi connectivity index (χ4v) is 2.94. The van der Waals surface area contributed by atoms with Crippen LogP contribution in [0.2, 0.25) is 0 Å². The number of nitrogens with zero attached hydrogens (tertiary/aromatic N) is 2. The van der Waals surface area contributed by atoms with E-state index < -0.39 is 0 Å². The van der Waals surface area contributed by atoms with Crippen LogP contribution in [0.5, 0.6) is 0 Å². The Morgan fingerprint density at radius 2 is 1.80 bits per heavy atom. The van der Waals surface area contributed by atoms with Gasteiger partial charge in [-0.15, -0.1) is 0 Å². The number of aromatic nitrogens is 2. The van der Waals surface area contributed by atoms with E-state index in [0.717, 1.165) is 21.8 Å². The Bertz CT molecular complexity index is 606. The lowest BCUT2D eigenvalue weighted by molar-refractivity contribution is 0.603. The molecule has 0 aliphatic rings. The second-order valence-corrected chi connectivity index (χ2v) is 5.67. The smallest absolute Gasteiger partial charge is 0.192 e. The van der Waals surface area contributed by atoms with Crippen LogP contribution in [0, 0.1) is 26.6 Å². The second-order valence-electron chi connectivity index (χ2n) is 4.66. The third kappa shape index (κ3) is 3.16. The molecule has 1 aromatic carbocycles. The highest BCUT2D eigenvalue weighted by molar-refractivity contribution is 7.99. The minimum absolute atomic E-state index is 0.221. The lowest BCUT2D eigenvalue weighted by Gasteiger charge is -2.10. The summed E-state index contributed by atoms with van der Waals surface area (Å²) in [5, 5.41) is 0.648. The molecule has 2 N–H and O–H groups in total. The summed E-state index contributed by atoms with van der Waals surface area (Å²) in [6.45, 7) is 6.34. The second kappa shape index (κ2) is 6.33. The molecule has 0 atom stereocenters. The average molecular weight is 291 g/mol. The first-order chi connectivity index (χ1) is 9.52. The normalized spacial score (nSPS) is 10.8. The minimum Gasteiger partial charge on any atom is -0.330 e. The molecule has 0 fully saturated rings. The summed E-state index contributed by atoms with van der Waals surface area (Å²) in [6, 6.07) is 5.04. The maximum absolute atomic E-state index is 13.9. The Labute approximate surface area is 122 Å². The Kier molecular flexibility index (Phi) is 4.73. The van der Waals surface area contributed by atoms with Crippen LogP contribution in [0.1, 0.15) is 22.5 Å². The molecule has 0 amide bonds. The van der Waals surface area contributed by atoms with E-state index in [9.17, 15) is 4.39 Å². The molecule has 0 radical (unpaired) electrons. The van der Waals surface area contributed by atoms with Crippen molar-refractivity contribution in [3.63, 3.8) is 0 Å². The summed E-state index contributed by atoms with van der Waals surface area (Å²) in [6.07, 6.45) is 0.513. The Hall–Kier alpha value is -1.46. The molecule has 1 heterocycles. The number of hydrogen-bond donors (Lipinski definition) is 1. The van der Waals surface area contributed by atoms with Gasteiger partial charge in [-0.3, -0.25) is 0 Å². The quantitative estimate of drug-likeness (QED) is 0.879. The van der Waals surface area contributed by atoms with E-state index in [4.69, 9.17) is 5.73 Å². The molecule has 0 aliphatic heterocycles. The largest absolute Gasteiger partial charge is 0.330 e. The van der Waals surface area contributed by atoms with Gasteiger partial charge in [-0.25, -0.2) is 14.4 Å². The maximum Gasteiger partial charge on any atom is 0.192 e. The summed E-state index contributed by atoms with van der Waals surface area (Å²) in [7, 11) is 0. The van der Waals surface area contributed by atoms with Crippen LogP contribution in [-0.2, 0) is 6.42 Å². The lowest BCUT2D eigenvalue weighted by atomic mass is 10.1. The summed E-state index contributed by atoms with van der Waals surface area (Å²) < 4.78 is 13.9. The van der Waals surface area contributed by atoms with Gasteiger partial charge in [0.15, 0.2) is 5.16 Å². The zero-order valence-corrected chi connectivity index (χ0v) is 12.7. The van der Waals surface area contributed by atoms with E-state index >= 15 is 0 Å². The molecule has 5 heteroatoms. The molecule has 2 rings (SSSR count). The van der Waals surface area contributed by atoms with Gasteiger partial charge in [0.05, 0.1) is 0 Å². The monoisotopic (exact) mass is 291 g/mol. The van der Waals surface area contributed by atoms with Gasteiger partial charge >= 0.3 is 0 Å². The highest BCUT2D eigenvalue weighted by Crippen LogP contribution is 2.30. The van der Waals surface area contributed by atoms with Crippen molar-refractivity contribution < 1.29 is 4.39 Å². The Morgan fingerprint density at radius 1 is 1.15 bits per heavy atom. The lowest BCUT2D eigenvalue weighted by Crippen LogP contribution is -2.06. The van der Waals surface area contributed by atoms with Crippen LogP contribution in [0.3, 0.4) is 0 Å². The van der Waals surface area contributed by atoms with Gasteiger partial charge in [-0.1, -0.05) is 6.07 Å². The molecular weight excluding hydrogens is 273 g/mol. The molecule has 0 aliphatic carbocycles. The first kappa shape index (κ1) is 14.9. The van der Waals surface area contributed by atoms with Crippen molar-refractivity contribution in [3.05, 3.63) is 46.5 Å². The topological polar surface area (TPSA) is 51.8 Å². The molecule has 2 aromatic rings. The van der Waals surface area contributed by atoms with E-state index in [1.54, 1.807) is 6.07 Å². The summed E-state index contributed by atoms with van der Waals surface area (Å²) in [5.74, 6) is -0.221. The summed E-state index contributed by atoms with van der Waals surface area (Å²) in [5.41, 5.74) is 9.20. The molecule has 3 nitrogen and oxygen atoms in total. The van der Waals surface area contributed by atoms with Gasteiger partial charge in [0, 0.05) is 21.8 Å². The fourth-order valence-electron chi connectivity index (χ4n) is 1.91. The van der Waals surface area contributed by atoms with Gasteiger partial charge in [-0.05, 0) is 63.2 Å². The maximum atomic E-state index is 13.9. The highest BCUT2D eigenvalue weighted by atomic mass is 32.2. The molecule has 0 saturated heterocycles. The Morgan fingerprint density at radius 3 is 2.40 bits per heavy atom. The van der Waals surface area contributed by atoms with Gasteiger partial charge in [0.25, 0.3) is 0 Å². The molecule has 0 spiro atoms. The molecule has 0 unspecified atom stereocenters. The van der Waals surface area contributed by atoms with E-state index in [-0.39, 0.29) is 5.82 Å². The van der Waals surface area contributed by atoms with Gasteiger partial charge in [-0.2, -0.15) is 0 Å². The SMILES string of the molecule is Cc1nc(Sc2cccc(F)c2CCN)nc(C)c1C. The zero-order chi connectivity index (χ0) is 14.7. The molecule has 0 saturated carbocycles. The van der Waals surface area contributed by atoms with Crippen molar-refractivity contribution in [2.24, 2.45) is 5.73 Å². The van der Waals surface area contributed by atoms with Crippen LogP contribution in [0.25, 0.3) is 0 Å². The van der Waals surface area contributed by atoms with Crippen LogP contribution in [0.15, 0.2) is 28.3 Å². The third-order valence-corrected chi connectivity index (χ3v) is 4.25. The fraction of sp³-hybridized carbons (Fsp3) is 0.333. The third-order valence-electron chi connectivity index (χ3n) is 3.28. The van der Waals surface area contributed by atoms with Gasteiger partial charge in [0.2, 0.25) is 0 Å². The average Bonchev–Trinajstić information content (AvgIpc) is 2.40. The molecular formula is C15H18FN3S. The summed E-state index contributed by atoms with van der Waals surface area (Å²) in [4.78, 5) is 9.75. The first-order valence-electron chi connectivity index (χ1n) is 6.50. The van der Waals surface area contributed by atoms with Gasteiger partial charge < -0.3 is 5.73 Å². The number of rotatable bonds is 4. The number of aryl methyl sites for hydroxylation is 2. The minimum atomic E-state index is -0.221. The van der Waals surface area contributed by atoms with E-state index in [1.165, 1.54) is 17.8 Å². The number of nitrogens with two attached hydrogens (primary N) is 1. The predicted molar refractivity (Wildman–Crippen MR) is 79.5 cm³/mol. The zero-order valence-electron chi connectivity index (χ0n) is 11.9.